The molecule has 214 valence electrons. The van der Waals surface area contributed by atoms with E-state index in [4.69, 9.17) is 0 Å². The van der Waals surface area contributed by atoms with E-state index in [9.17, 15) is 18.0 Å². The quantitative estimate of drug-likeness (QED) is 0.297. The molecular weight excluding hydrogens is 522 g/mol. The molecule has 0 fully saturated rings. The van der Waals surface area contributed by atoms with E-state index in [1.54, 1.807) is 43.3 Å². The van der Waals surface area contributed by atoms with Crippen LogP contribution in [0, 0.1) is 27.7 Å². The highest BCUT2D eigenvalue weighted by Crippen LogP contribution is 2.27. The minimum atomic E-state index is -4.09. The summed E-state index contributed by atoms with van der Waals surface area (Å²) in [4.78, 5) is 28.7. The summed E-state index contributed by atoms with van der Waals surface area (Å²) in [6.07, 6.45) is 1.77. The summed E-state index contributed by atoms with van der Waals surface area (Å²) in [7, 11) is -4.09. The number of unbranched alkanes of at least 4 members (excludes halogenated alkanes) is 1. The van der Waals surface area contributed by atoms with E-state index in [2.05, 4.69) is 5.32 Å². The van der Waals surface area contributed by atoms with Crippen LogP contribution in [0.25, 0.3) is 0 Å². The maximum absolute atomic E-state index is 14.0. The minimum Gasteiger partial charge on any atom is -0.354 e. The molecule has 0 aliphatic rings. The molecule has 0 aromatic heterocycles. The Hall–Kier alpha value is -3.65. The van der Waals surface area contributed by atoms with Gasteiger partial charge in [0.25, 0.3) is 10.0 Å². The average Bonchev–Trinajstić information content (AvgIpc) is 2.92. The van der Waals surface area contributed by atoms with Gasteiger partial charge in [0.2, 0.25) is 11.8 Å². The molecule has 40 heavy (non-hydrogen) atoms. The summed E-state index contributed by atoms with van der Waals surface area (Å²) >= 11 is 0. The molecule has 3 aromatic carbocycles. The van der Waals surface area contributed by atoms with E-state index in [0.29, 0.717) is 12.2 Å². The van der Waals surface area contributed by atoms with Crippen molar-refractivity contribution >= 4 is 27.5 Å². The van der Waals surface area contributed by atoms with Gasteiger partial charge in [-0.2, -0.15) is 0 Å². The van der Waals surface area contributed by atoms with Gasteiger partial charge in [0.15, 0.2) is 0 Å². The first-order valence-electron chi connectivity index (χ1n) is 13.7. The van der Waals surface area contributed by atoms with Gasteiger partial charge in [-0.25, -0.2) is 8.42 Å². The van der Waals surface area contributed by atoms with Gasteiger partial charge in [-0.1, -0.05) is 61.4 Å². The van der Waals surface area contributed by atoms with Gasteiger partial charge in [0.05, 0.1) is 10.6 Å². The molecule has 0 bridgehead atoms. The van der Waals surface area contributed by atoms with Crippen molar-refractivity contribution in [2.24, 2.45) is 0 Å². The van der Waals surface area contributed by atoms with E-state index >= 15 is 0 Å². The summed E-state index contributed by atoms with van der Waals surface area (Å²) in [5, 5.41) is 2.91. The van der Waals surface area contributed by atoms with Gasteiger partial charge >= 0.3 is 0 Å². The van der Waals surface area contributed by atoms with Crippen LogP contribution in [0.15, 0.2) is 71.6 Å². The van der Waals surface area contributed by atoms with Crippen LogP contribution < -0.4 is 9.62 Å². The second-order valence-electron chi connectivity index (χ2n) is 10.4. The number of hydrogen-bond donors (Lipinski definition) is 1. The summed E-state index contributed by atoms with van der Waals surface area (Å²) in [5.41, 5.74) is 5.13. The van der Waals surface area contributed by atoms with Crippen molar-refractivity contribution in [2.75, 3.05) is 17.4 Å². The van der Waals surface area contributed by atoms with Gasteiger partial charge in [-0.15, -0.1) is 0 Å². The van der Waals surface area contributed by atoms with Crippen LogP contribution in [0.5, 0.6) is 0 Å². The number of carbonyl (C=O) groups is 2. The molecule has 1 N–H and O–H groups in total. The highest BCUT2D eigenvalue weighted by molar-refractivity contribution is 7.92. The molecule has 2 amide bonds. The maximum atomic E-state index is 14.0. The Bertz CT molecular complexity index is 1430. The molecule has 3 rings (SSSR count). The van der Waals surface area contributed by atoms with E-state index < -0.39 is 28.5 Å². The van der Waals surface area contributed by atoms with Crippen LogP contribution in [0.1, 0.15) is 54.5 Å². The van der Waals surface area contributed by atoms with E-state index in [1.165, 1.54) is 4.90 Å². The SMILES string of the molecule is CCCCNC(=O)[C@H](C)N(Cc1ccccc1C)C(=O)CN(c1ccc(C)c(C)c1)S(=O)(=O)c1ccc(C)cc1. The number of nitrogens with zero attached hydrogens (tertiary/aromatic N) is 2. The number of carbonyl (C=O) groups excluding carboxylic acids is 2. The molecule has 0 heterocycles. The molecule has 0 saturated carbocycles. The van der Waals surface area contributed by atoms with E-state index in [-0.39, 0.29) is 17.3 Å². The average molecular weight is 564 g/mol. The summed E-state index contributed by atoms with van der Waals surface area (Å²) in [5.74, 6) is -0.732. The Labute approximate surface area is 239 Å². The number of amides is 2. The van der Waals surface area contributed by atoms with Crippen LogP contribution in [0.4, 0.5) is 5.69 Å². The van der Waals surface area contributed by atoms with Crippen molar-refractivity contribution in [1.82, 2.24) is 10.2 Å². The van der Waals surface area contributed by atoms with Gasteiger partial charge in [-0.05, 0) is 87.6 Å². The lowest BCUT2D eigenvalue weighted by Gasteiger charge is -2.32. The zero-order valence-electron chi connectivity index (χ0n) is 24.4. The molecular formula is C32H41N3O4S. The topological polar surface area (TPSA) is 86.8 Å². The Morgan fingerprint density at radius 2 is 1.55 bits per heavy atom. The Morgan fingerprint density at radius 3 is 2.17 bits per heavy atom. The molecule has 7 nitrogen and oxygen atoms in total. The van der Waals surface area contributed by atoms with Crippen molar-refractivity contribution in [1.29, 1.82) is 0 Å². The molecule has 0 aliphatic carbocycles. The van der Waals surface area contributed by atoms with Gasteiger partial charge in [-0.3, -0.25) is 13.9 Å². The minimum absolute atomic E-state index is 0.0972. The Balaban J connectivity index is 2.03. The second-order valence-corrected chi connectivity index (χ2v) is 12.2. The summed E-state index contributed by atoms with van der Waals surface area (Å²) < 4.78 is 29.1. The summed E-state index contributed by atoms with van der Waals surface area (Å²) in [6, 6.07) is 18.8. The molecule has 0 unspecified atom stereocenters. The molecule has 0 radical (unpaired) electrons. The maximum Gasteiger partial charge on any atom is 0.264 e. The first-order valence-corrected chi connectivity index (χ1v) is 15.2. The number of anilines is 1. The fraction of sp³-hybridized carbons (Fsp3) is 0.375. The monoisotopic (exact) mass is 563 g/mol. The van der Waals surface area contributed by atoms with Crippen LogP contribution in [-0.2, 0) is 26.2 Å². The van der Waals surface area contributed by atoms with Crippen LogP contribution >= 0.6 is 0 Å². The van der Waals surface area contributed by atoms with Crippen molar-refractivity contribution in [3.05, 3.63) is 94.5 Å². The van der Waals surface area contributed by atoms with Crippen molar-refractivity contribution in [3.63, 3.8) is 0 Å². The molecule has 0 saturated heterocycles. The van der Waals surface area contributed by atoms with Gasteiger partial charge in [0.1, 0.15) is 12.6 Å². The number of rotatable bonds is 12. The van der Waals surface area contributed by atoms with Crippen LogP contribution in [-0.4, -0.2) is 44.3 Å². The van der Waals surface area contributed by atoms with Gasteiger partial charge < -0.3 is 10.2 Å². The second kappa shape index (κ2) is 13.6. The molecule has 3 aromatic rings. The first-order chi connectivity index (χ1) is 18.9. The van der Waals surface area contributed by atoms with Crippen LogP contribution in [0.2, 0.25) is 0 Å². The standard InChI is InChI=1S/C32H41N3O4S/c1-7-8-19-33-32(37)27(6)34(21-28-12-10-9-11-25(28)4)31(36)22-35(29-16-15-24(3)26(5)20-29)40(38,39)30-17-13-23(2)14-18-30/h9-18,20,27H,7-8,19,21-22H2,1-6H3,(H,33,37)/t27-/m0/s1. The zero-order chi connectivity index (χ0) is 29.4. The van der Waals surface area contributed by atoms with E-state index in [1.807, 2.05) is 65.0 Å². The lowest BCUT2D eigenvalue weighted by Crippen LogP contribution is -2.51. The smallest absolute Gasteiger partial charge is 0.264 e. The fourth-order valence-electron chi connectivity index (χ4n) is 4.34. The highest BCUT2D eigenvalue weighted by atomic mass is 32.2. The fourth-order valence-corrected chi connectivity index (χ4v) is 5.74. The molecule has 1 atom stereocenters. The van der Waals surface area contributed by atoms with E-state index in [0.717, 1.165) is 45.0 Å². The third-order valence-electron chi connectivity index (χ3n) is 7.27. The Morgan fingerprint density at radius 1 is 0.875 bits per heavy atom. The van der Waals surface area contributed by atoms with Gasteiger partial charge in [0, 0.05) is 13.1 Å². The first kappa shape index (κ1) is 30.9. The zero-order valence-corrected chi connectivity index (χ0v) is 25.2. The van der Waals surface area contributed by atoms with Crippen LogP contribution in [0.3, 0.4) is 0 Å². The number of nitrogens with one attached hydrogen (secondary N) is 1. The van der Waals surface area contributed by atoms with Crippen molar-refractivity contribution in [3.8, 4) is 0 Å². The predicted octanol–water partition coefficient (Wildman–Crippen LogP) is 5.45. The number of hydrogen-bond acceptors (Lipinski definition) is 4. The molecule has 0 spiro atoms. The predicted molar refractivity (Wildman–Crippen MR) is 161 cm³/mol. The lowest BCUT2D eigenvalue weighted by atomic mass is 10.1. The molecule has 8 heteroatoms. The highest BCUT2D eigenvalue weighted by Gasteiger charge is 2.32. The summed E-state index contributed by atoms with van der Waals surface area (Å²) in [6.45, 7) is 11.7. The molecule has 0 aliphatic heterocycles. The normalized spacial score (nSPS) is 12.1. The third kappa shape index (κ3) is 7.50. The number of sulfonamides is 1. The number of aryl methyl sites for hydroxylation is 4. The van der Waals surface area contributed by atoms with Crippen molar-refractivity contribution < 1.29 is 18.0 Å². The third-order valence-corrected chi connectivity index (χ3v) is 9.05. The lowest BCUT2D eigenvalue weighted by molar-refractivity contribution is -0.139. The largest absolute Gasteiger partial charge is 0.354 e. The van der Waals surface area contributed by atoms with Crippen molar-refractivity contribution in [2.45, 2.75) is 71.9 Å². The number of benzene rings is 3. The Kier molecular flexibility index (Phi) is 10.5.